The third kappa shape index (κ3) is 4.96. The van der Waals surface area contributed by atoms with E-state index in [9.17, 15) is 24.3 Å². The molecule has 0 saturated heterocycles. The van der Waals surface area contributed by atoms with Gasteiger partial charge < -0.3 is 9.84 Å². The van der Waals surface area contributed by atoms with Crippen LogP contribution in [0.2, 0.25) is 0 Å². The Morgan fingerprint density at radius 1 is 0.605 bits per heavy atom. The van der Waals surface area contributed by atoms with E-state index in [1.165, 1.54) is 12.2 Å². The molecule has 43 heavy (non-hydrogen) atoms. The number of carbonyl (C=O) groups is 4. The fourth-order valence-electron chi connectivity index (χ4n) is 5.23. The molecule has 0 radical (unpaired) electrons. The maximum Gasteiger partial charge on any atom is 0.197 e. The van der Waals surface area contributed by atoms with Crippen molar-refractivity contribution in [1.82, 2.24) is 0 Å². The first-order chi connectivity index (χ1) is 20.9. The summed E-state index contributed by atoms with van der Waals surface area (Å²) in [5, 5.41) is 10.8. The van der Waals surface area contributed by atoms with Gasteiger partial charge in [0.05, 0.1) is 18.3 Å². The molecule has 6 nitrogen and oxygen atoms in total. The van der Waals surface area contributed by atoms with E-state index in [1.807, 2.05) is 30.3 Å². The summed E-state index contributed by atoms with van der Waals surface area (Å²) in [6, 6.07) is 24.9. The Bertz CT molecular complexity index is 1950. The number of carbonyl (C=O) groups excluding carboxylic acids is 4. The van der Waals surface area contributed by atoms with Gasteiger partial charge in [0.25, 0.3) is 0 Å². The second kappa shape index (κ2) is 11.2. The van der Waals surface area contributed by atoms with Crippen LogP contribution in [0.1, 0.15) is 47.0 Å². The molecule has 0 aromatic heterocycles. The Kier molecular flexibility index (Phi) is 7.10. The fraction of sp³-hybridized carbons (Fsp3) is 0.0270. The average Bonchev–Trinajstić information content (AvgIpc) is 3.43. The van der Waals surface area contributed by atoms with Gasteiger partial charge in [-0.2, -0.15) is 0 Å². The van der Waals surface area contributed by atoms with Crippen molar-refractivity contribution < 1.29 is 29.0 Å². The van der Waals surface area contributed by atoms with E-state index in [0.29, 0.717) is 27.8 Å². The molecule has 1 N–H and O–H groups in total. The number of hydrogen-bond donors (Lipinski definition) is 1. The maximum atomic E-state index is 13.1. The molecule has 0 saturated carbocycles. The highest BCUT2D eigenvalue weighted by molar-refractivity contribution is 6.39. The highest BCUT2D eigenvalue weighted by Gasteiger charge is 2.33. The number of aldehydes is 1. The molecule has 0 unspecified atom stereocenters. The first-order valence-electron chi connectivity index (χ1n) is 13.5. The number of ketones is 3. The number of ether oxygens (including phenoxy) is 1. The van der Waals surface area contributed by atoms with Gasteiger partial charge in [0.15, 0.2) is 17.3 Å². The predicted octanol–water partition coefficient (Wildman–Crippen LogP) is 7.43. The largest absolute Gasteiger partial charge is 0.507 e. The lowest BCUT2D eigenvalue weighted by atomic mass is 9.99. The Balaban J connectivity index is 1.18. The standard InChI is InChI=1S/C37H24O6/c1-43-27-15-11-24(12-16-27)26-14-18-29-33(20-26)37(42)31(35(29)40)6-4-2-3-5-30-34(39)28-17-13-25(19-32(28)36(30)41)23-9-7-22(21-38)8-10-23/h2-21,42H,1H3. The summed E-state index contributed by atoms with van der Waals surface area (Å²) in [6.45, 7) is 0. The number of allylic oxidation sites excluding steroid dienone is 7. The predicted molar refractivity (Wildman–Crippen MR) is 165 cm³/mol. The molecule has 2 aliphatic carbocycles. The van der Waals surface area contributed by atoms with Crippen LogP contribution in [-0.2, 0) is 0 Å². The lowest BCUT2D eigenvalue weighted by Crippen LogP contribution is -1.99. The normalized spacial score (nSPS) is 15.2. The van der Waals surface area contributed by atoms with Crippen LogP contribution in [0.3, 0.4) is 0 Å². The maximum absolute atomic E-state index is 13.1. The molecule has 4 aromatic carbocycles. The Labute approximate surface area is 247 Å². The summed E-state index contributed by atoms with van der Waals surface area (Å²) in [5.41, 5.74) is 5.68. The molecular formula is C37H24O6. The smallest absolute Gasteiger partial charge is 0.197 e. The van der Waals surface area contributed by atoms with Gasteiger partial charge in [0.2, 0.25) is 0 Å². The topological polar surface area (TPSA) is 97.7 Å². The molecular weight excluding hydrogens is 540 g/mol. The first-order valence-corrected chi connectivity index (χ1v) is 13.5. The number of fused-ring (bicyclic) bond motifs is 2. The van der Waals surface area contributed by atoms with E-state index < -0.39 is 0 Å². The Morgan fingerprint density at radius 3 is 1.79 bits per heavy atom. The van der Waals surface area contributed by atoms with Crippen molar-refractivity contribution in [1.29, 1.82) is 0 Å². The fourth-order valence-corrected chi connectivity index (χ4v) is 5.23. The third-order valence-corrected chi connectivity index (χ3v) is 7.57. The van der Waals surface area contributed by atoms with Gasteiger partial charge in [-0.15, -0.1) is 0 Å². The van der Waals surface area contributed by atoms with Crippen molar-refractivity contribution in [2.45, 2.75) is 0 Å². The Morgan fingerprint density at radius 2 is 1.16 bits per heavy atom. The molecule has 0 amide bonds. The number of aliphatic hydroxyl groups is 1. The van der Waals surface area contributed by atoms with Crippen LogP contribution in [0.4, 0.5) is 0 Å². The van der Waals surface area contributed by atoms with Crippen LogP contribution in [0.5, 0.6) is 5.75 Å². The van der Waals surface area contributed by atoms with Gasteiger partial charge in [0, 0.05) is 27.8 Å². The molecule has 6 heteroatoms. The molecule has 6 rings (SSSR count). The SMILES string of the molecule is COc1ccc(-c2ccc3c(c2)C(O)=C(C=CC=CC=C2C(=O)c4ccc(-c5ccc(C=O)cc5)cc4C2=O)C3=O)cc1. The monoisotopic (exact) mass is 564 g/mol. The zero-order valence-electron chi connectivity index (χ0n) is 23.0. The van der Waals surface area contributed by atoms with E-state index in [0.717, 1.165) is 34.3 Å². The molecule has 2 aliphatic rings. The van der Waals surface area contributed by atoms with Crippen molar-refractivity contribution in [2.24, 2.45) is 0 Å². The summed E-state index contributed by atoms with van der Waals surface area (Å²) in [6.07, 6.45) is 8.45. The number of benzene rings is 4. The zero-order chi connectivity index (χ0) is 30.1. The molecule has 0 fully saturated rings. The molecule has 0 heterocycles. The highest BCUT2D eigenvalue weighted by atomic mass is 16.5. The minimum Gasteiger partial charge on any atom is -0.507 e. The zero-order valence-corrected chi connectivity index (χ0v) is 23.0. The van der Waals surface area contributed by atoms with Gasteiger partial charge in [-0.1, -0.05) is 66.8 Å². The molecule has 0 aliphatic heterocycles. The van der Waals surface area contributed by atoms with Crippen LogP contribution in [-0.4, -0.2) is 35.9 Å². The molecule has 0 spiro atoms. The molecule has 4 aromatic rings. The van der Waals surface area contributed by atoms with Crippen molar-refractivity contribution in [3.63, 3.8) is 0 Å². The number of aliphatic hydroxyl groups excluding tert-OH is 1. The van der Waals surface area contributed by atoms with Gasteiger partial charge in [0.1, 0.15) is 17.8 Å². The quantitative estimate of drug-likeness (QED) is 0.109. The summed E-state index contributed by atoms with van der Waals surface area (Å²) >= 11 is 0. The molecule has 0 atom stereocenters. The summed E-state index contributed by atoms with van der Waals surface area (Å²) < 4.78 is 5.21. The summed E-state index contributed by atoms with van der Waals surface area (Å²) in [5.74, 6) is -0.380. The third-order valence-electron chi connectivity index (χ3n) is 7.57. The van der Waals surface area contributed by atoms with Crippen molar-refractivity contribution in [3.05, 3.63) is 154 Å². The van der Waals surface area contributed by atoms with Crippen molar-refractivity contribution in [2.75, 3.05) is 7.11 Å². The van der Waals surface area contributed by atoms with Crippen LogP contribution >= 0.6 is 0 Å². The van der Waals surface area contributed by atoms with Gasteiger partial charge >= 0.3 is 0 Å². The number of rotatable bonds is 7. The minimum absolute atomic E-state index is 0.0468. The Hall–Kier alpha value is -5.88. The average molecular weight is 565 g/mol. The molecule has 0 bridgehead atoms. The van der Waals surface area contributed by atoms with Crippen LogP contribution in [0.15, 0.2) is 126 Å². The van der Waals surface area contributed by atoms with Crippen LogP contribution in [0.25, 0.3) is 28.0 Å². The lowest BCUT2D eigenvalue weighted by Gasteiger charge is -2.06. The van der Waals surface area contributed by atoms with Gasteiger partial charge in [-0.05, 0) is 70.8 Å². The van der Waals surface area contributed by atoms with Crippen LogP contribution < -0.4 is 4.74 Å². The summed E-state index contributed by atoms with van der Waals surface area (Å²) in [7, 11) is 1.60. The summed E-state index contributed by atoms with van der Waals surface area (Å²) in [4.78, 5) is 49.9. The van der Waals surface area contributed by atoms with E-state index in [2.05, 4.69) is 0 Å². The first kappa shape index (κ1) is 27.3. The second-order valence-corrected chi connectivity index (χ2v) is 10.1. The van der Waals surface area contributed by atoms with E-state index >= 15 is 0 Å². The van der Waals surface area contributed by atoms with Gasteiger partial charge in [-0.3, -0.25) is 19.2 Å². The van der Waals surface area contributed by atoms with E-state index in [1.54, 1.807) is 79.9 Å². The number of Topliss-reactive ketones (excluding diaryl/α,β-unsaturated/α-hetero) is 3. The van der Waals surface area contributed by atoms with Crippen molar-refractivity contribution >= 4 is 29.4 Å². The number of methoxy groups -OCH3 is 1. The highest BCUT2D eigenvalue weighted by Crippen LogP contribution is 2.35. The van der Waals surface area contributed by atoms with E-state index in [4.69, 9.17) is 4.74 Å². The minimum atomic E-state index is -0.366. The lowest BCUT2D eigenvalue weighted by molar-refractivity contribution is 0.0985. The number of hydrogen-bond acceptors (Lipinski definition) is 6. The van der Waals surface area contributed by atoms with Crippen molar-refractivity contribution in [3.8, 4) is 28.0 Å². The van der Waals surface area contributed by atoms with Gasteiger partial charge in [-0.25, -0.2) is 0 Å². The van der Waals surface area contributed by atoms with Crippen LogP contribution in [0, 0.1) is 0 Å². The van der Waals surface area contributed by atoms with E-state index in [-0.39, 0.29) is 34.3 Å². The molecule has 208 valence electrons. The second-order valence-electron chi connectivity index (χ2n) is 10.1.